The van der Waals surface area contributed by atoms with Gasteiger partial charge in [0.05, 0.1) is 12.4 Å². The number of fused-ring (bicyclic) bond motifs is 1. The van der Waals surface area contributed by atoms with E-state index in [0.717, 1.165) is 11.8 Å². The van der Waals surface area contributed by atoms with Gasteiger partial charge in [0.2, 0.25) is 5.91 Å². The third kappa shape index (κ3) is 3.79. The van der Waals surface area contributed by atoms with Crippen LogP contribution in [0, 0.1) is 0 Å². The van der Waals surface area contributed by atoms with Gasteiger partial charge >= 0.3 is 0 Å². The Balaban J connectivity index is 2.10. The molecule has 2 heterocycles. The first-order valence-corrected chi connectivity index (χ1v) is 7.32. The Bertz CT molecular complexity index is 701. The lowest BCUT2D eigenvalue weighted by Crippen LogP contribution is -2.29. The second kappa shape index (κ2) is 7.19. The van der Waals surface area contributed by atoms with Crippen molar-refractivity contribution in [1.82, 2.24) is 19.9 Å². The molecule has 2 aromatic rings. The van der Waals surface area contributed by atoms with Crippen LogP contribution in [0.5, 0.6) is 0 Å². The van der Waals surface area contributed by atoms with Crippen LogP contribution in [0.4, 0.5) is 0 Å². The molecule has 7 nitrogen and oxygen atoms in total. The predicted molar refractivity (Wildman–Crippen MR) is 80.4 cm³/mol. The van der Waals surface area contributed by atoms with Gasteiger partial charge in [-0.1, -0.05) is 11.8 Å². The van der Waals surface area contributed by atoms with Crippen LogP contribution in [0.2, 0.25) is 0 Å². The van der Waals surface area contributed by atoms with Gasteiger partial charge in [0.25, 0.3) is 5.56 Å². The van der Waals surface area contributed by atoms with Crippen LogP contribution in [-0.2, 0) is 16.6 Å². The molecule has 8 heteroatoms. The van der Waals surface area contributed by atoms with Crippen molar-refractivity contribution in [3.8, 4) is 0 Å². The van der Waals surface area contributed by atoms with E-state index < -0.39 is 0 Å². The van der Waals surface area contributed by atoms with Gasteiger partial charge in [0.15, 0.2) is 10.7 Å². The van der Waals surface area contributed by atoms with E-state index in [9.17, 15) is 9.59 Å². The van der Waals surface area contributed by atoms with Crippen molar-refractivity contribution >= 4 is 28.8 Å². The average Bonchev–Trinajstić information content (AvgIpc) is 2.50. The minimum Gasteiger partial charge on any atom is -0.383 e. The van der Waals surface area contributed by atoms with Crippen molar-refractivity contribution in [2.24, 2.45) is 7.05 Å². The third-order valence-corrected chi connectivity index (χ3v) is 3.71. The lowest BCUT2D eigenvalue weighted by molar-refractivity contribution is -0.118. The van der Waals surface area contributed by atoms with Gasteiger partial charge in [-0.05, 0) is 12.1 Å². The fraction of sp³-hybridized carbons (Fsp3) is 0.385. The highest BCUT2D eigenvalue weighted by atomic mass is 32.2. The molecule has 0 saturated heterocycles. The molecule has 0 aliphatic carbocycles. The SMILES string of the molecule is COCCNC(=O)CSc1nc2cccnc2n(C)c1=O. The molecule has 0 aromatic carbocycles. The molecule has 112 valence electrons. The highest BCUT2D eigenvalue weighted by Gasteiger charge is 2.11. The Morgan fingerprint density at radius 2 is 2.33 bits per heavy atom. The Hall–Kier alpha value is -1.93. The summed E-state index contributed by atoms with van der Waals surface area (Å²) in [5.41, 5.74) is 0.897. The van der Waals surface area contributed by atoms with E-state index in [4.69, 9.17) is 4.74 Å². The zero-order valence-electron chi connectivity index (χ0n) is 11.8. The normalized spacial score (nSPS) is 10.8. The van der Waals surface area contributed by atoms with Gasteiger partial charge in [0, 0.05) is 26.9 Å². The zero-order chi connectivity index (χ0) is 15.2. The minimum absolute atomic E-state index is 0.137. The molecule has 1 amide bonds. The molecule has 0 unspecified atom stereocenters. The monoisotopic (exact) mass is 308 g/mol. The van der Waals surface area contributed by atoms with E-state index in [1.54, 1.807) is 32.5 Å². The van der Waals surface area contributed by atoms with Crippen LogP contribution in [0.25, 0.3) is 11.2 Å². The minimum atomic E-state index is -0.254. The molecule has 0 bridgehead atoms. The van der Waals surface area contributed by atoms with Crippen molar-refractivity contribution in [3.63, 3.8) is 0 Å². The van der Waals surface area contributed by atoms with E-state index in [-0.39, 0.29) is 17.2 Å². The first-order valence-electron chi connectivity index (χ1n) is 6.33. The van der Waals surface area contributed by atoms with Crippen molar-refractivity contribution < 1.29 is 9.53 Å². The smallest absolute Gasteiger partial charge is 0.284 e. The quantitative estimate of drug-likeness (QED) is 0.605. The van der Waals surface area contributed by atoms with E-state index in [1.807, 2.05) is 0 Å². The number of amides is 1. The fourth-order valence-corrected chi connectivity index (χ4v) is 2.50. The summed E-state index contributed by atoms with van der Waals surface area (Å²) in [7, 11) is 3.21. The number of aromatic nitrogens is 3. The number of carbonyl (C=O) groups is 1. The number of carbonyl (C=O) groups excluding carboxylic acids is 1. The molecule has 2 rings (SSSR count). The van der Waals surface area contributed by atoms with Gasteiger partial charge in [0.1, 0.15) is 5.52 Å². The molecular weight excluding hydrogens is 292 g/mol. The third-order valence-electron chi connectivity index (χ3n) is 2.76. The van der Waals surface area contributed by atoms with Gasteiger partial charge in [-0.25, -0.2) is 9.97 Å². The number of ether oxygens (including phenoxy) is 1. The largest absolute Gasteiger partial charge is 0.383 e. The Labute approximate surface area is 125 Å². The van der Waals surface area contributed by atoms with Gasteiger partial charge in [-0.3, -0.25) is 14.2 Å². The number of nitrogens with zero attached hydrogens (tertiary/aromatic N) is 3. The summed E-state index contributed by atoms with van der Waals surface area (Å²) in [6.07, 6.45) is 1.61. The Morgan fingerprint density at radius 3 is 3.10 bits per heavy atom. The second-order valence-corrected chi connectivity index (χ2v) is 5.22. The molecule has 0 fully saturated rings. The van der Waals surface area contributed by atoms with Gasteiger partial charge in [-0.2, -0.15) is 0 Å². The average molecular weight is 308 g/mol. The topological polar surface area (TPSA) is 86.1 Å². The summed E-state index contributed by atoms with van der Waals surface area (Å²) in [5.74, 6) is -0.0234. The molecule has 0 spiro atoms. The molecule has 0 aliphatic rings. The zero-order valence-corrected chi connectivity index (χ0v) is 12.6. The summed E-state index contributed by atoms with van der Waals surface area (Å²) in [4.78, 5) is 32.2. The van der Waals surface area contributed by atoms with E-state index in [1.165, 1.54) is 4.57 Å². The van der Waals surface area contributed by atoms with E-state index >= 15 is 0 Å². The lowest BCUT2D eigenvalue weighted by Gasteiger charge is -2.07. The molecule has 0 aliphatic heterocycles. The van der Waals surface area contributed by atoms with Gasteiger partial charge in [-0.15, -0.1) is 0 Å². The molecule has 0 radical (unpaired) electrons. The molecule has 21 heavy (non-hydrogen) atoms. The summed E-state index contributed by atoms with van der Waals surface area (Å²) in [5, 5.41) is 2.98. The van der Waals surface area contributed by atoms with E-state index in [0.29, 0.717) is 29.3 Å². The number of aryl methyl sites for hydroxylation is 1. The predicted octanol–water partition coefficient (Wildman–Crippen LogP) is 0.183. The second-order valence-electron chi connectivity index (χ2n) is 4.26. The first-order chi connectivity index (χ1) is 10.1. The number of hydrogen-bond acceptors (Lipinski definition) is 6. The highest BCUT2D eigenvalue weighted by molar-refractivity contribution is 7.99. The van der Waals surface area contributed by atoms with Crippen LogP contribution >= 0.6 is 11.8 Å². The number of methoxy groups -OCH3 is 1. The number of nitrogens with one attached hydrogen (secondary N) is 1. The van der Waals surface area contributed by atoms with Crippen molar-refractivity contribution in [1.29, 1.82) is 0 Å². The maximum absolute atomic E-state index is 12.1. The maximum atomic E-state index is 12.1. The van der Waals surface area contributed by atoms with Crippen LogP contribution in [0.3, 0.4) is 0 Å². The lowest BCUT2D eigenvalue weighted by atomic mass is 10.4. The molecular formula is C13H16N4O3S. The number of pyridine rings is 1. The summed E-state index contributed by atoms with van der Waals surface area (Å²) in [6.45, 7) is 0.904. The molecule has 1 N–H and O–H groups in total. The molecule has 0 atom stereocenters. The molecule has 0 saturated carbocycles. The molecule has 2 aromatic heterocycles. The first kappa shape index (κ1) is 15.5. The highest BCUT2D eigenvalue weighted by Crippen LogP contribution is 2.14. The van der Waals surface area contributed by atoms with Crippen molar-refractivity contribution in [2.75, 3.05) is 26.0 Å². The van der Waals surface area contributed by atoms with Crippen LogP contribution in [0.1, 0.15) is 0 Å². The van der Waals surface area contributed by atoms with Crippen LogP contribution < -0.4 is 10.9 Å². The standard InChI is InChI=1S/C13H16N4O3S/c1-17-11-9(4-3-5-15-11)16-12(13(17)19)21-8-10(18)14-6-7-20-2/h3-5H,6-8H2,1-2H3,(H,14,18). The maximum Gasteiger partial charge on any atom is 0.284 e. The number of rotatable bonds is 6. The van der Waals surface area contributed by atoms with Crippen molar-refractivity contribution in [2.45, 2.75) is 5.03 Å². The van der Waals surface area contributed by atoms with Gasteiger partial charge < -0.3 is 10.1 Å². The fourth-order valence-electron chi connectivity index (χ4n) is 1.70. The summed E-state index contributed by atoms with van der Waals surface area (Å²) >= 11 is 1.12. The summed E-state index contributed by atoms with van der Waals surface area (Å²) < 4.78 is 6.28. The number of thioether (sulfide) groups is 1. The van der Waals surface area contributed by atoms with Crippen LogP contribution in [0.15, 0.2) is 28.2 Å². The Morgan fingerprint density at radius 1 is 1.52 bits per heavy atom. The van der Waals surface area contributed by atoms with Crippen LogP contribution in [-0.4, -0.2) is 46.5 Å². The summed E-state index contributed by atoms with van der Waals surface area (Å²) in [6, 6.07) is 3.54. The number of hydrogen-bond donors (Lipinski definition) is 1. The van der Waals surface area contributed by atoms with E-state index in [2.05, 4.69) is 15.3 Å². The Kier molecular flexibility index (Phi) is 5.29. The van der Waals surface area contributed by atoms with Crippen molar-refractivity contribution in [3.05, 3.63) is 28.7 Å².